The van der Waals surface area contributed by atoms with Crippen molar-refractivity contribution in [2.24, 2.45) is 11.3 Å². The van der Waals surface area contributed by atoms with Gasteiger partial charge in [-0.1, -0.05) is 32.1 Å². The fraction of sp³-hybridized carbons (Fsp3) is 0.842. The number of nitrogens with zero attached hydrogens (tertiary/aromatic N) is 4. The molecule has 0 radical (unpaired) electrons. The van der Waals surface area contributed by atoms with Gasteiger partial charge >= 0.3 is 0 Å². The fourth-order valence-corrected chi connectivity index (χ4v) is 4.79. The molecular weight excluding hydrogens is 300 g/mol. The Labute approximate surface area is 145 Å². The molecule has 0 N–H and O–H groups in total. The zero-order valence-electron chi connectivity index (χ0n) is 14.5. The maximum atomic E-state index is 12.8. The summed E-state index contributed by atoms with van der Waals surface area (Å²) < 4.78 is 0. The van der Waals surface area contributed by atoms with Crippen molar-refractivity contribution in [2.75, 3.05) is 26.2 Å². The zero-order chi connectivity index (χ0) is 17.0. The van der Waals surface area contributed by atoms with Gasteiger partial charge in [0.05, 0.1) is 12.1 Å². The van der Waals surface area contributed by atoms with Crippen LogP contribution in [0.25, 0.3) is 0 Å². The van der Waals surface area contributed by atoms with Gasteiger partial charge < -0.3 is 4.90 Å². The average molecular weight is 328 g/mol. The van der Waals surface area contributed by atoms with Crippen molar-refractivity contribution in [3.05, 3.63) is 0 Å². The summed E-state index contributed by atoms with van der Waals surface area (Å²) in [6.45, 7) is 2.85. The summed E-state index contributed by atoms with van der Waals surface area (Å²) in [5, 5.41) is 19.2. The molecule has 0 aromatic rings. The van der Waals surface area contributed by atoms with Gasteiger partial charge in [0, 0.05) is 26.2 Å². The van der Waals surface area contributed by atoms with E-state index in [1.165, 1.54) is 19.3 Å². The van der Waals surface area contributed by atoms with Crippen molar-refractivity contribution in [1.29, 1.82) is 10.5 Å². The Morgan fingerprint density at radius 1 is 0.958 bits per heavy atom. The molecule has 1 atom stereocenters. The summed E-state index contributed by atoms with van der Waals surface area (Å²) in [7, 11) is 0. The van der Waals surface area contributed by atoms with E-state index >= 15 is 0 Å². The van der Waals surface area contributed by atoms with Crippen molar-refractivity contribution in [2.45, 2.75) is 63.8 Å². The minimum atomic E-state index is -0.764. The highest BCUT2D eigenvalue weighted by Gasteiger charge is 2.45. The van der Waals surface area contributed by atoms with Crippen LogP contribution in [-0.2, 0) is 4.79 Å². The molecule has 0 bridgehead atoms. The van der Waals surface area contributed by atoms with Crippen LogP contribution in [0.3, 0.4) is 0 Å². The summed E-state index contributed by atoms with van der Waals surface area (Å²) in [6.07, 6.45) is 9.50. The highest BCUT2D eigenvalue weighted by Crippen LogP contribution is 2.39. The van der Waals surface area contributed by atoms with Crippen molar-refractivity contribution in [3.8, 4) is 12.1 Å². The first-order chi connectivity index (χ1) is 11.7. The minimum Gasteiger partial charge on any atom is -0.339 e. The highest BCUT2D eigenvalue weighted by atomic mass is 16.2. The van der Waals surface area contributed by atoms with Gasteiger partial charge in [-0.05, 0) is 31.6 Å². The second kappa shape index (κ2) is 7.53. The number of carbonyl (C=O) groups is 1. The summed E-state index contributed by atoms with van der Waals surface area (Å²) >= 11 is 0. The third-order valence-corrected chi connectivity index (χ3v) is 6.30. The van der Waals surface area contributed by atoms with Gasteiger partial charge in [0.2, 0.25) is 5.91 Å². The largest absolute Gasteiger partial charge is 0.339 e. The molecule has 1 saturated heterocycles. The van der Waals surface area contributed by atoms with E-state index in [9.17, 15) is 15.3 Å². The standard InChI is InChI=1S/C19H28N4O/c20-14-17(16-6-2-1-3-7-16)22-10-12-23(13-11-22)18(24)19(15-21)8-4-5-9-19/h16-17H,1-13H2. The summed E-state index contributed by atoms with van der Waals surface area (Å²) in [4.78, 5) is 17.0. The van der Waals surface area contributed by atoms with Crippen molar-refractivity contribution in [1.82, 2.24) is 9.80 Å². The lowest BCUT2D eigenvalue weighted by Gasteiger charge is -2.41. The van der Waals surface area contributed by atoms with Crippen molar-refractivity contribution >= 4 is 5.91 Å². The lowest BCUT2D eigenvalue weighted by atomic mass is 9.83. The molecule has 3 rings (SSSR count). The van der Waals surface area contributed by atoms with Crippen LogP contribution < -0.4 is 0 Å². The monoisotopic (exact) mass is 328 g/mol. The third-order valence-electron chi connectivity index (χ3n) is 6.30. The normalized spacial score (nSPS) is 26.5. The van der Waals surface area contributed by atoms with E-state index in [-0.39, 0.29) is 11.9 Å². The molecule has 1 amide bonds. The molecule has 3 fully saturated rings. The Morgan fingerprint density at radius 3 is 2.12 bits per heavy atom. The average Bonchev–Trinajstić information content (AvgIpc) is 3.14. The van der Waals surface area contributed by atoms with Crippen LogP contribution in [0.15, 0.2) is 0 Å². The van der Waals surface area contributed by atoms with Crippen LogP contribution >= 0.6 is 0 Å². The molecule has 1 aliphatic heterocycles. The van der Waals surface area contributed by atoms with E-state index in [1.54, 1.807) is 0 Å². The van der Waals surface area contributed by atoms with Crippen LogP contribution in [0.2, 0.25) is 0 Å². The van der Waals surface area contributed by atoms with Gasteiger partial charge in [-0.2, -0.15) is 10.5 Å². The van der Waals surface area contributed by atoms with Crippen LogP contribution in [0.1, 0.15) is 57.8 Å². The van der Waals surface area contributed by atoms with E-state index in [2.05, 4.69) is 17.0 Å². The number of hydrogen-bond acceptors (Lipinski definition) is 4. The Balaban J connectivity index is 1.58. The van der Waals surface area contributed by atoms with Crippen LogP contribution in [0.4, 0.5) is 0 Å². The Morgan fingerprint density at radius 2 is 1.58 bits per heavy atom. The zero-order valence-corrected chi connectivity index (χ0v) is 14.5. The Hall–Kier alpha value is -1.59. The number of hydrogen-bond donors (Lipinski definition) is 0. The molecule has 0 aromatic carbocycles. The molecule has 2 aliphatic carbocycles. The summed E-state index contributed by atoms with van der Waals surface area (Å²) in [5.74, 6) is 0.527. The van der Waals surface area contributed by atoms with Crippen molar-refractivity contribution < 1.29 is 4.79 Å². The molecular formula is C19H28N4O. The predicted molar refractivity (Wildman–Crippen MR) is 90.6 cm³/mol. The fourth-order valence-electron chi connectivity index (χ4n) is 4.79. The summed E-state index contributed by atoms with van der Waals surface area (Å²) in [5.41, 5.74) is -0.764. The third kappa shape index (κ3) is 3.28. The Kier molecular flexibility index (Phi) is 5.41. The maximum Gasteiger partial charge on any atom is 0.243 e. The first-order valence-corrected chi connectivity index (χ1v) is 9.54. The number of nitriles is 2. The van der Waals surface area contributed by atoms with Crippen molar-refractivity contribution in [3.63, 3.8) is 0 Å². The lowest BCUT2D eigenvalue weighted by Crippen LogP contribution is -2.55. The summed E-state index contributed by atoms with van der Waals surface area (Å²) in [6, 6.07) is 4.84. The number of rotatable bonds is 3. The molecule has 24 heavy (non-hydrogen) atoms. The first-order valence-electron chi connectivity index (χ1n) is 9.54. The number of amides is 1. The van der Waals surface area contributed by atoms with E-state index in [4.69, 9.17) is 0 Å². The van der Waals surface area contributed by atoms with E-state index in [0.717, 1.165) is 38.8 Å². The second-order valence-corrected chi connectivity index (χ2v) is 7.70. The molecule has 5 heteroatoms. The van der Waals surface area contributed by atoms with Gasteiger partial charge in [-0.3, -0.25) is 9.69 Å². The minimum absolute atomic E-state index is 0.000963. The molecule has 0 aromatic heterocycles. The van der Waals surface area contributed by atoms with Crippen LogP contribution in [-0.4, -0.2) is 47.9 Å². The molecule has 1 unspecified atom stereocenters. The maximum absolute atomic E-state index is 12.8. The van der Waals surface area contributed by atoms with Gasteiger partial charge in [-0.25, -0.2) is 0 Å². The molecule has 1 heterocycles. The molecule has 5 nitrogen and oxygen atoms in total. The van der Waals surface area contributed by atoms with Crippen LogP contribution in [0.5, 0.6) is 0 Å². The molecule has 0 spiro atoms. The van der Waals surface area contributed by atoms with E-state index in [0.29, 0.717) is 31.8 Å². The molecule has 3 aliphatic rings. The molecule has 130 valence electrons. The SMILES string of the molecule is N#CC(C1CCCCC1)N1CCN(C(=O)C2(C#N)CCCC2)CC1. The van der Waals surface area contributed by atoms with Gasteiger partial charge in [0.1, 0.15) is 11.5 Å². The quantitative estimate of drug-likeness (QED) is 0.798. The topological polar surface area (TPSA) is 71.1 Å². The smallest absolute Gasteiger partial charge is 0.243 e. The Bertz CT molecular complexity index is 527. The van der Waals surface area contributed by atoms with Gasteiger partial charge in [0.15, 0.2) is 0 Å². The molecule has 2 saturated carbocycles. The lowest BCUT2D eigenvalue weighted by molar-refractivity contribution is -0.141. The highest BCUT2D eigenvalue weighted by molar-refractivity contribution is 5.86. The number of carbonyl (C=O) groups excluding carboxylic acids is 1. The predicted octanol–water partition coefficient (Wildman–Crippen LogP) is 2.69. The van der Waals surface area contributed by atoms with Gasteiger partial charge in [-0.15, -0.1) is 0 Å². The first kappa shape index (κ1) is 17.2. The van der Waals surface area contributed by atoms with Crippen LogP contribution in [0, 0.1) is 34.0 Å². The number of piperazine rings is 1. The second-order valence-electron chi connectivity index (χ2n) is 7.70. The van der Waals surface area contributed by atoms with E-state index in [1.807, 2.05) is 4.90 Å². The van der Waals surface area contributed by atoms with Gasteiger partial charge in [0.25, 0.3) is 0 Å². The van der Waals surface area contributed by atoms with E-state index < -0.39 is 5.41 Å².